The van der Waals surface area contributed by atoms with Gasteiger partial charge in [0.05, 0.1) is 5.69 Å². The van der Waals surface area contributed by atoms with Gasteiger partial charge >= 0.3 is 0 Å². The van der Waals surface area contributed by atoms with Gasteiger partial charge in [0.15, 0.2) is 11.6 Å². The Balaban J connectivity index is 1.93. The van der Waals surface area contributed by atoms with Crippen LogP contribution in [0.4, 0.5) is 8.78 Å². The van der Waals surface area contributed by atoms with E-state index in [0.717, 1.165) is 24.7 Å². The van der Waals surface area contributed by atoms with Crippen molar-refractivity contribution in [3.63, 3.8) is 0 Å². The van der Waals surface area contributed by atoms with E-state index in [4.69, 9.17) is 0 Å². The highest BCUT2D eigenvalue weighted by Crippen LogP contribution is 2.11. The molecule has 1 aromatic carbocycles. The number of aromatic nitrogens is 2. The van der Waals surface area contributed by atoms with Crippen molar-refractivity contribution >= 4 is 0 Å². The Morgan fingerprint density at radius 2 is 2.05 bits per heavy atom. The van der Waals surface area contributed by atoms with Gasteiger partial charge in [-0.15, -0.1) is 0 Å². The molecule has 0 saturated carbocycles. The van der Waals surface area contributed by atoms with Crippen LogP contribution < -0.4 is 5.32 Å². The molecule has 3 nitrogen and oxygen atoms in total. The zero-order chi connectivity index (χ0) is 13.7. The van der Waals surface area contributed by atoms with Crippen molar-refractivity contribution in [1.29, 1.82) is 0 Å². The van der Waals surface area contributed by atoms with Crippen molar-refractivity contribution in [3.8, 4) is 0 Å². The zero-order valence-electron chi connectivity index (χ0n) is 10.9. The van der Waals surface area contributed by atoms with Crippen molar-refractivity contribution in [2.75, 3.05) is 0 Å². The van der Waals surface area contributed by atoms with Crippen molar-refractivity contribution in [2.45, 2.75) is 33.0 Å². The minimum Gasteiger partial charge on any atom is -0.307 e. The molecule has 0 amide bonds. The summed E-state index contributed by atoms with van der Waals surface area (Å²) in [5.74, 6) is -1.59. The Morgan fingerprint density at radius 3 is 2.84 bits per heavy atom. The third-order valence-electron chi connectivity index (χ3n) is 2.89. The predicted molar refractivity (Wildman–Crippen MR) is 69.4 cm³/mol. The number of nitrogens with one attached hydrogen (secondary N) is 1. The van der Waals surface area contributed by atoms with E-state index in [2.05, 4.69) is 17.3 Å². The molecule has 0 unspecified atom stereocenters. The van der Waals surface area contributed by atoms with Crippen LogP contribution in [0.1, 0.15) is 24.6 Å². The summed E-state index contributed by atoms with van der Waals surface area (Å²) >= 11 is 0. The van der Waals surface area contributed by atoms with Crippen LogP contribution in [0.15, 0.2) is 30.5 Å². The first-order chi connectivity index (χ1) is 9.22. The Kier molecular flexibility index (Phi) is 4.63. The fraction of sp³-hybridized carbons (Fsp3) is 0.357. The average Bonchev–Trinajstić information content (AvgIpc) is 2.83. The first kappa shape index (κ1) is 13.7. The summed E-state index contributed by atoms with van der Waals surface area (Å²) in [6, 6.07) is 6.13. The molecule has 5 heteroatoms. The minimum atomic E-state index is -0.810. The Labute approximate surface area is 111 Å². The van der Waals surface area contributed by atoms with Gasteiger partial charge in [-0.05, 0) is 18.6 Å². The summed E-state index contributed by atoms with van der Waals surface area (Å²) in [5, 5.41) is 7.31. The van der Waals surface area contributed by atoms with E-state index in [1.54, 1.807) is 12.3 Å². The van der Waals surface area contributed by atoms with Crippen LogP contribution in [0, 0.1) is 11.6 Å². The molecular formula is C14H17F2N3. The molecule has 0 fully saturated rings. The van der Waals surface area contributed by atoms with Gasteiger partial charge in [-0.1, -0.05) is 19.1 Å². The van der Waals surface area contributed by atoms with Gasteiger partial charge in [-0.25, -0.2) is 8.78 Å². The summed E-state index contributed by atoms with van der Waals surface area (Å²) in [4.78, 5) is 0. The molecule has 2 rings (SSSR count). The third-order valence-corrected chi connectivity index (χ3v) is 2.89. The predicted octanol–water partition coefficient (Wildman–Crippen LogP) is 2.86. The van der Waals surface area contributed by atoms with Crippen LogP contribution in [0.5, 0.6) is 0 Å². The molecule has 1 heterocycles. The largest absolute Gasteiger partial charge is 0.307 e. The van der Waals surface area contributed by atoms with Gasteiger partial charge in [-0.3, -0.25) is 4.68 Å². The monoisotopic (exact) mass is 265 g/mol. The molecule has 19 heavy (non-hydrogen) atoms. The van der Waals surface area contributed by atoms with E-state index >= 15 is 0 Å². The molecule has 102 valence electrons. The van der Waals surface area contributed by atoms with E-state index < -0.39 is 11.6 Å². The van der Waals surface area contributed by atoms with Gasteiger partial charge in [0.1, 0.15) is 0 Å². The topological polar surface area (TPSA) is 29.9 Å². The lowest BCUT2D eigenvalue weighted by atomic mass is 10.2. The highest BCUT2D eigenvalue weighted by molar-refractivity contribution is 5.18. The number of rotatable bonds is 6. The standard InChI is InChI=1S/C14H17F2N3/c1-2-8-19-12(6-7-18-19)10-17-9-11-4-3-5-13(15)14(11)16/h3-7,17H,2,8-10H2,1H3. The Morgan fingerprint density at radius 1 is 1.21 bits per heavy atom. The lowest BCUT2D eigenvalue weighted by Crippen LogP contribution is -2.17. The number of halogens is 2. The minimum absolute atomic E-state index is 0.293. The van der Waals surface area contributed by atoms with E-state index in [1.165, 1.54) is 6.07 Å². The van der Waals surface area contributed by atoms with Gasteiger partial charge in [-0.2, -0.15) is 5.10 Å². The number of hydrogen-bond acceptors (Lipinski definition) is 2. The highest BCUT2D eigenvalue weighted by atomic mass is 19.2. The third kappa shape index (κ3) is 3.38. The smallest absolute Gasteiger partial charge is 0.163 e. The highest BCUT2D eigenvalue weighted by Gasteiger charge is 2.07. The molecule has 1 aromatic heterocycles. The summed E-state index contributed by atoms with van der Waals surface area (Å²) in [6.45, 7) is 3.82. The molecule has 0 radical (unpaired) electrons. The average molecular weight is 265 g/mol. The molecular weight excluding hydrogens is 248 g/mol. The maximum Gasteiger partial charge on any atom is 0.163 e. The van der Waals surface area contributed by atoms with Gasteiger partial charge in [0, 0.05) is 31.4 Å². The molecule has 0 saturated heterocycles. The second kappa shape index (κ2) is 6.43. The summed E-state index contributed by atoms with van der Waals surface area (Å²) in [7, 11) is 0. The second-order valence-corrected chi connectivity index (χ2v) is 4.36. The maximum absolute atomic E-state index is 13.4. The summed E-state index contributed by atoms with van der Waals surface area (Å²) in [6.07, 6.45) is 2.75. The van der Waals surface area contributed by atoms with Crippen molar-refractivity contribution in [3.05, 3.63) is 53.4 Å². The normalized spacial score (nSPS) is 10.9. The van der Waals surface area contributed by atoms with E-state index in [-0.39, 0.29) is 0 Å². The molecule has 2 aromatic rings. The lowest BCUT2D eigenvalue weighted by Gasteiger charge is -2.08. The van der Waals surface area contributed by atoms with Crippen LogP contribution in [-0.2, 0) is 19.6 Å². The van der Waals surface area contributed by atoms with Crippen LogP contribution >= 0.6 is 0 Å². The summed E-state index contributed by atoms with van der Waals surface area (Å²) < 4.78 is 28.4. The SMILES string of the molecule is CCCn1nccc1CNCc1cccc(F)c1F. The molecule has 0 spiro atoms. The molecule has 1 N–H and O–H groups in total. The Bertz CT molecular complexity index is 537. The fourth-order valence-electron chi connectivity index (χ4n) is 1.93. The number of aryl methyl sites for hydroxylation is 1. The molecule has 0 atom stereocenters. The van der Waals surface area contributed by atoms with Crippen LogP contribution in [0.25, 0.3) is 0 Å². The molecule has 0 aliphatic heterocycles. The first-order valence-corrected chi connectivity index (χ1v) is 6.36. The second-order valence-electron chi connectivity index (χ2n) is 4.36. The number of hydrogen-bond donors (Lipinski definition) is 1. The zero-order valence-corrected chi connectivity index (χ0v) is 10.9. The first-order valence-electron chi connectivity index (χ1n) is 6.36. The maximum atomic E-state index is 13.4. The van der Waals surface area contributed by atoms with Crippen LogP contribution in [0.3, 0.4) is 0 Å². The number of benzene rings is 1. The summed E-state index contributed by atoms with van der Waals surface area (Å²) in [5.41, 5.74) is 1.38. The van der Waals surface area contributed by atoms with Gasteiger partial charge in [0.2, 0.25) is 0 Å². The van der Waals surface area contributed by atoms with Crippen molar-refractivity contribution in [2.24, 2.45) is 0 Å². The van der Waals surface area contributed by atoms with Gasteiger partial charge < -0.3 is 5.32 Å². The van der Waals surface area contributed by atoms with E-state index in [0.29, 0.717) is 18.7 Å². The van der Waals surface area contributed by atoms with Gasteiger partial charge in [0.25, 0.3) is 0 Å². The quantitative estimate of drug-likeness (QED) is 0.870. The molecule has 0 aliphatic rings. The fourth-order valence-corrected chi connectivity index (χ4v) is 1.93. The van der Waals surface area contributed by atoms with Crippen molar-refractivity contribution in [1.82, 2.24) is 15.1 Å². The molecule has 0 bridgehead atoms. The van der Waals surface area contributed by atoms with Crippen LogP contribution in [0.2, 0.25) is 0 Å². The molecule has 0 aliphatic carbocycles. The van der Waals surface area contributed by atoms with E-state index in [1.807, 2.05) is 10.7 Å². The van der Waals surface area contributed by atoms with Crippen molar-refractivity contribution < 1.29 is 8.78 Å². The number of nitrogens with zero attached hydrogens (tertiary/aromatic N) is 2. The van der Waals surface area contributed by atoms with Crippen LogP contribution in [-0.4, -0.2) is 9.78 Å². The van der Waals surface area contributed by atoms with E-state index in [9.17, 15) is 8.78 Å². The Hall–Kier alpha value is -1.75. The lowest BCUT2D eigenvalue weighted by molar-refractivity contribution is 0.489.